The fraction of sp³-hybridized carbons (Fsp3) is 0.500. The van der Waals surface area contributed by atoms with Crippen molar-refractivity contribution in [3.8, 4) is 0 Å². The maximum Gasteiger partial charge on any atom is 0.0267 e. The first-order chi connectivity index (χ1) is 23.3. The van der Waals surface area contributed by atoms with Crippen molar-refractivity contribution in [1.29, 1.82) is 0 Å². The van der Waals surface area contributed by atoms with Gasteiger partial charge in [0.05, 0.1) is 0 Å². The van der Waals surface area contributed by atoms with Gasteiger partial charge in [0.25, 0.3) is 0 Å². The second-order valence-electron chi connectivity index (χ2n) is 12.1. The Hall–Kier alpha value is -1.25. The zero-order valence-electron chi connectivity index (χ0n) is 30.1. The molecular formula is C40H56Cl4N3Pd-. The van der Waals surface area contributed by atoms with Crippen molar-refractivity contribution in [2.45, 2.75) is 130 Å². The van der Waals surface area contributed by atoms with Gasteiger partial charge in [0.2, 0.25) is 0 Å². The molecule has 3 aromatic rings. The van der Waals surface area contributed by atoms with E-state index in [-0.39, 0.29) is 15.9 Å². The topological polar surface area (TPSA) is 19.4 Å². The van der Waals surface area contributed by atoms with E-state index in [9.17, 15) is 0 Å². The van der Waals surface area contributed by atoms with Crippen molar-refractivity contribution in [2.75, 3.05) is 9.80 Å². The molecule has 0 aliphatic carbocycles. The Kier molecular flexibility index (Phi) is 20.8. The van der Waals surface area contributed by atoms with E-state index in [1.807, 2.05) is 18.2 Å². The summed E-state index contributed by atoms with van der Waals surface area (Å²) in [6.07, 6.45) is 12.3. The SMILES string of the molecule is CCC(CC)c1cccc(C(CC)CC)c1N1[CH-]N(c2c(C(CC)CC)cccc2C(CC)CC)C(Cl)=C1Cl.[Cl][Pd][Cl].c1ccncc1. The number of hydrogen-bond donors (Lipinski definition) is 0. The number of nitrogens with zero attached hydrogens (tertiary/aromatic N) is 3. The zero-order valence-corrected chi connectivity index (χ0v) is 34.6. The average molecular weight is 827 g/mol. The first kappa shape index (κ1) is 42.9. The largest absolute Gasteiger partial charge is 0.265 e. The molecular weight excluding hydrogens is 771 g/mol. The van der Waals surface area contributed by atoms with Crippen molar-refractivity contribution < 1.29 is 15.9 Å². The van der Waals surface area contributed by atoms with Crippen LogP contribution in [0.15, 0.2) is 77.3 Å². The molecule has 2 aromatic carbocycles. The van der Waals surface area contributed by atoms with Crippen LogP contribution in [0.3, 0.4) is 0 Å². The minimum absolute atomic E-state index is 0.106. The Morgan fingerprint density at radius 3 is 0.979 bits per heavy atom. The van der Waals surface area contributed by atoms with Crippen molar-refractivity contribution in [2.24, 2.45) is 0 Å². The molecule has 0 amide bonds. The van der Waals surface area contributed by atoms with Crippen LogP contribution in [-0.4, -0.2) is 4.98 Å². The molecule has 0 unspecified atom stereocenters. The Balaban J connectivity index is 0.000000775. The molecule has 1 aliphatic rings. The van der Waals surface area contributed by atoms with Crippen LogP contribution in [0.5, 0.6) is 0 Å². The monoisotopic (exact) mass is 824 g/mol. The summed E-state index contributed by atoms with van der Waals surface area (Å²) in [5.41, 5.74) is 7.96. The molecule has 0 spiro atoms. The van der Waals surface area contributed by atoms with E-state index in [1.165, 1.54) is 33.6 Å². The maximum absolute atomic E-state index is 7.23. The number of rotatable bonds is 14. The number of hydrogen-bond acceptors (Lipinski definition) is 3. The normalized spacial score (nSPS) is 13.1. The van der Waals surface area contributed by atoms with Crippen LogP contribution >= 0.6 is 42.3 Å². The summed E-state index contributed by atoms with van der Waals surface area (Å²) in [5.74, 6) is 1.88. The molecule has 4 rings (SSSR count). The summed E-state index contributed by atoms with van der Waals surface area (Å²) in [5, 5.41) is 1.19. The van der Waals surface area contributed by atoms with Gasteiger partial charge in [-0.1, -0.05) is 121 Å². The number of para-hydroxylation sites is 2. The van der Waals surface area contributed by atoms with Crippen LogP contribution in [0, 0.1) is 6.67 Å². The third kappa shape index (κ3) is 10.9. The Bertz CT molecular complexity index is 1180. The fourth-order valence-corrected chi connectivity index (χ4v) is 7.43. The van der Waals surface area contributed by atoms with E-state index in [4.69, 9.17) is 42.3 Å². The third-order valence-corrected chi connectivity index (χ3v) is 10.6. The van der Waals surface area contributed by atoms with Crippen LogP contribution in [0.1, 0.15) is 153 Å². The van der Waals surface area contributed by atoms with Crippen LogP contribution < -0.4 is 9.80 Å². The number of halogens is 4. The fourth-order valence-electron chi connectivity index (χ4n) is 6.99. The molecule has 270 valence electrons. The maximum atomic E-state index is 7.23. The van der Waals surface area contributed by atoms with E-state index < -0.39 is 0 Å². The van der Waals surface area contributed by atoms with Gasteiger partial charge < -0.3 is 9.80 Å². The van der Waals surface area contributed by atoms with Gasteiger partial charge in [-0.15, -0.1) is 6.67 Å². The third-order valence-electron chi connectivity index (χ3n) is 9.77. The zero-order chi connectivity index (χ0) is 35.6. The van der Waals surface area contributed by atoms with Crippen LogP contribution in [0.4, 0.5) is 11.4 Å². The summed E-state index contributed by atoms with van der Waals surface area (Å²) in [6, 6.07) is 19.4. The van der Waals surface area contributed by atoms with Crippen LogP contribution in [-0.2, 0) is 15.9 Å². The number of aromatic nitrogens is 1. The molecule has 48 heavy (non-hydrogen) atoms. The molecule has 1 aliphatic heterocycles. The smallest absolute Gasteiger partial charge is 0.0267 e. The minimum Gasteiger partial charge on any atom is -0.265 e. The standard InChI is InChI=1S/C35H51Cl2N2.C5H5N.2ClH.Pd/c1-9-24(10-2)28-19-17-20-29(25(11-3)12-4)32(28)38-23-39(35(37)34(38)36)33-30(26(13-5)14-6)21-18-22-31(33)27(15-7)16-8;1-2-4-6-5-3-1;;;/h17-27H,9-16H2,1-8H3;1-5H;2*1H;/q-1;;;;+2/p-2. The van der Waals surface area contributed by atoms with Gasteiger partial charge >= 0.3 is 35.0 Å². The number of benzene rings is 2. The summed E-state index contributed by atoms with van der Waals surface area (Å²) in [6.45, 7) is 20.5. The van der Waals surface area contributed by atoms with Crippen molar-refractivity contribution in [3.63, 3.8) is 0 Å². The van der Waals surface area contributed by atoms with Gasteiger partial charge in [-0.2, -0.15) is 0 Å². The van der Waals surface area contributed by atoms with Crippen LogP contribution in [0.2, 0.25) is 0 Å². The Labute approximate surface area is 318 Å². The second kappa shape index (κ2) is 23.3. The van der Waals surface area contributed by atoms with Gasteiger partial charge in [-0.05, 0) is 109 Å². The van der Waals surface area contributed by atoms with E-state index in [0.717, 1.165) is 51.4 Å². The van der Waals surface area contributed by atoms with Gasteiger partial charge in [0.1, 0.15) is 10.3 Å². The first-order valence-electron chi connectivity index (χ1n) is 17.7. The molecule has 0 fully saturated rings. The molecule has 3 nitrogen and oxygen atoms in total. The molecule has 0 N–H and O–H groups in total. The molecule has 8 heteroatoms. The van der Waals surface area contributed by atoms with Gasteiger partial charge in [0, 0.05) is 23.8 Å². The first-order valence-corrected chi connectivity index (χ1v) is 22.5. The van der Waals surface area contributed by atoms with E-state index in [2.05, 4.69) is 113 Å². The molecule has 0 bridgehead atoms. The molecule has 0 saturated carbocycles. The predicted octanol–water partition coefficient (Wildman–Crippen LogP) is 14.8. The summed E-state index contributed by atoms with van der Waals surface area (Å²) in [7, 11) is 9.63. The van der Waals surface area contributed by atoms with Crippen LogP contribution in [0.25, 0.3) is 0 Å². The Morgan fingerprint density at radius 2 is 0.792 bits per heavy atom. The van der Waals surface area contributed by atoms with Gasteiger partial charge in [0.15, 0.2) is 0 Å². The summed E-state index contributed by atoms with van der Waals surface area (Å²) >= 11 is 14.4. The second-order valence-corrected chi connectivity index (χ2v) is 15.2. The minimum atomic E-state index is -0.106. The van der Waals surface area contributed by atoms with E-state index in [1.54, 1.807) is 12.4 Å². The van der Waals surface area contributed by atoms with E-state index >= 15 is 0 Å². The summed E-state index contributed by atoms with van der Waals surface area (Å²) in [4.78, 5) is 8.18. The van der Waals surface area contributed by atoms with Crippen molar-refractivity contribution in [3.05, 3.63) is 106 Å². The molecule has 1 aromatic heterocycles. The van der Waals surface area contributed by atoms with Gasteiger partial charge in [-0.3, -0.25) is 4.98 Å². The summed E-state index contributed by atoms with van der Waals surface area (Å²) < 4.78 is 0. The molecule has 0 saturated heterocycles. The quantitative estimate of drug-likeness (QED) is 0.0917. The predicted molar refractivity (Wildman–Crippen MR) is 210 cm³/mol. The molecule has 2 heterocycles. The van der Waals surface area contributed by atoms with Crippen molar-refractivity contribution >= 4 is 53.6 Å². The number of pyridine rings is 1. The molecule has 0 atom stereocenters. The number of anilines is 2. The molecule has 0 radical (unpaired) electrons. The van der Waals surface area contributed by atoms with E-state index in [0.29, 0.717) is 34.0 Å². The van der Waals surface area contributed by atoms with Gasteiger partial charge in [-0.25, -0.2) is 0 Å². The van der Waals surface area contributed by atoms with Crippen molar-refractivity contribution in [1.82, 2.24) is 4.98 Å². The Morgan fingerprint density at radius 1 is 0.521 bits per heavy atom. The average Bonchev–Trinajstić information content (AvgIpc) is 3.41.